The van der Waals surface area contributed by atoms with E-state index in [1.165, 1.54) is 18.4 Å². The zero-order valence-electron chi connectivity index (χ0n) is 14.5. The number of hydrogen-bond acceptors (Lipinski definition) is 3. The maximum absolute atomic E-state index is 12.3. The van der Waals surface area contributed by atoms with Gasteiger partial charge in [0.2, 0.25) is 0 Å². The van der Waals surface area contributed by atoms with Crippen LogP contribution >= 0.6 is 0 Å². The van der Waals surface area contributed by atoms with Crippen LogP contribution in [-0.2, 0) is 6.54 Å². The Hall–Kier alpha value is -2.36. The van der Waals surface area contributed by atoms with Gasteiger partial charge in [0.15, 0.2) is 0 Å². The molecule has 0 radical (unpaired) electrons. The van der Waals surface area contributed by atoms with Gasteiger partial charge in [-0.2, -0.15) is 0 Å². The molecule has 0 aliphatic carbocycles. The van der Waals surface area contributed by atoms with E-state index >= 15 is 0 Å². The van der Waals surface area contributed by atoms with E-state index in [0.717, 1.165) is 24.5 Å². The van der Waals surface area contributed by atoms with Gasteiger partial charge in [-0.15, -0.1) is 0 Å². The molecule has 4 nitrogen and oxygen atoms in total. The summed E-state index contributed by atoms with van der Waals surface area (Å²) >= 11 is 0. The number of benzene rings is 1. The van der Waals surface area contributed by atoms with E-state index in [1.54, 1.807) is 0 Å². The molecule has 0 spiro atoms. The van der Waals surface area contributed by atoms with Gasteiger partial charge in [0.1, 0.15) is 5.82 Å². The summed E-state index contributed by atoms with van der Waals surface area (Å²) in [5.74, 6) is 1.45. The van der Waals surface area contributed by atoms with E-state index in [2.05, 4.69) is 35.1 Å². The summed E-state index contributed by atoms with van der Waals surface area (Å²) < 4.78 is 0. The van der Waals surface area contributed by atoms with Crippen LogP contribution in [0.2, 0.25) is 0 Å². The Kier molecular flexibility index (Phi) is 5.14. The predicted molar refractivity (Wildman–Crippen MR) is 97.4 cm³/mol. The van der Waals surface area contributed by atoms with Crippen molar-refractivity contribution >= 4 is 11.7 Å². The molecule has 2 aromatic rings. The highest BCUT2D eigenvalue weighted by atomic mass is 16.1. The maximum atomic E-state index is 12.3. The fraction of sp³-hybridized carbons (Fsp3) is 0.400. The predicted octanol–water partition coefficient (Wildman–Crippen LogP) is 3.74. The topological polar surface area (TPSA) is 45.2 Å². The van der Waals surface area contributed by atoms with E-state index in [4.69, 9.17) is 0 Å². The maximum Gasteiger partial charge on any atom is 0.251 e. The molecule has 1 aromatic carbocycles. The number of hydrogen-bond donors (Lipinski definition) is 1. The van der Waals surface area contributed by atoms with E-state index in [1.807, 2.05) is 36.5 Å². The van der Waals surface area contributed by atoms with Crippen LogP contribution < -0.4 is 10.2 Å². The molecule has 2 heterocycles. The molecule has 4 heteroatoms. The first kappa shape index (κ1) is 16.5. The van der Waals surface area contributed by atoms with Crippen molar-refractivity contribution in [3.63, 3.8) is 0 Å². The molecule has 0 unspecified atom stereocenters. The Balaban J connectivity index is 1.60. The van der Waals surface area contributed by atoms with Crippen molar-refractivity contribution in [2.24, 2.45) is 0 Å². The highest BCUT2D eigenvalue weighted by molar-refractivity contribution is 5.94. The standard InChI is InChI=1S/C20H25N3O/c1-15(2)17-5-7-18(8-6-17)20(24)22-14-16-9-10-21-19(13-16)23-11-3-4-12-23/h5-10,13,15H,3-4,11-12,14H2,1-2H3,(H,22,24). The second-order valence-corrected chi connectivity index (χ2v) is 6.68. The molecule has 0 saturated carbocycles. The Morgan fingerprint density at radius 1 is 1.17 bits per heavy atom. The molecule has 1 aliphatic rings. The zero-order chi connectivity index (χ0) is 16.9. The quantitative estimate of drug-likeness (QED) is 0.912. The molecule has 1 fully saturated rings. The number of nitrogens with one attached hydrogen (secondary N) is 1. The third-order valence-corrected chi connectivity index (χ3v) is 4.53. The first-order valence-electron chi connectivity index (χ1n) is 8.71. The molecule has 1 N–H and O–H groups in total. The minimum absolute atomic E-state index is 0.0372. The van der Waals surface area contributed by atoms with Crippen molar-refractivity contribution in [3.05, 3.63) is 59.3 Å². The monoisotopic (exact) mass is 323 g/mol. The second-order valence-electron chi connectivity index (χ2n) is 6.68. The lowest BCUT2D eigenvalue weighted by Crippen LogP contribution is -2.23. The van der Waals surface area contributed by atoms with Gasteiger partial charge < -0.3 is 10.2 Å². The highest BCUT2D eigenvalue weighted by Gasteiger charge is 2.14. The molecule has 1 aliphatic heterocycles. The van der Waals surface area contributed by atoms with Crippen molar-refractivity contribution in [1.82, 2.24) is 10.3 Å². The fourth-order valence-electron chi connectivity index (χ4n) is 2.99. The summed E-state index contributed by atoms with van der Waals surface area (Å²) in [7, 11) is 0. The van der Waals surface area contributed by atoms with Gasteiger partial charge in [-0.25, -0.2) is 4.98 Å². The third kappa shape index (κ3) is 3.94. The van der Waals surface area contributed by atoms with Gasteiger partial charge in [0, 0.05) is 31.4 Å². The summed E-state index contributed by atoms with van der Waals surface area (Å²) in [6, 6.07) is 11.9. The number of carbonyl (C=O) groups excluding carboxylic acids is 1. The number of nitrogens with zero attached hydrogens (tertiary/aromatic N) is 2. The van der Waals surface area contributed by atoms with Crippen molar-refractivity contribution in [2.45, 2.75) is 39.2 Å². The van der Waals surface area contributed by atoms with E-state index < -0.39 is 0 Å². The highest BCUT2D eigenvalue weighted by Crippen LogP contribution is 2.18. The minimum Gasteiger partial charge on any atom is -0.357 e. The first-order valence-corrected chi connectivity index (χ1v) is 8.71. The molecule has 1 amide bonds. The van der Waals surface area contributed by atoms with Crippen molar-refractivity contribution in [3.8, 4) is 0 Å². The minimum atomic E-state index is -0.0372. The number of carbonyl (C=O) groups is 1. The largest absolute Gasteiger partial charge is 0.357 e. The first-order chi connectivity index (χ1) is 11.6. The summed E-state index contributed by atoms with van der Waals surface area (Å²) in [5.41, 5.74) is 3.03. The number of pyridine rings is 1. The molecule has 3 rings (SSSR count). The Labute approximate surface area is 143 Å². The van der Waals surface area contributed by atoms with Gasteiger partial charge in [-0.05, 0) is 54.2 Å². The Bertz CT molecular complexity index is 688. The molecule has 126 valence electrons. The molecule has 0 bridgehead atoms. The van der Waals surface area contributed by atoms with Crippen LogP contribution in [0, 0.1) is 0 Å². The van der Waals surface area contributed by atoms with Crippen molar-refractivity contribution < 1.29 is 4.79 Å². The van der Waals surface area contributed by atoms with E-state index in [0.29, 0.717) is 18.0 Å². The molecule has 1 saturated heterocycles. The molecular weight excluding hydrogens is 298 g/mol. The van der Waals surface area contributed by atoms with Crippen molar-refractivity contribution in [2.75, 3.05) is 18.0 Å². The van der Waals surface area contributed by atoms with E-state index in [9.17, 15) is 4.79 Å². The van der Waals surface area contributed by atoms with Gasteiger partial charge in [-0.3, -0.25) is 4.79 Å². The lowest BCUT2D eigenvalue weighted by Gasteiger charge is -2.17. The summed E-state index contributed by atoms with van der Waals surface area (Å²) in [5, 5.41) is 3.00. The Morgan fingerprint density at radius 3 is 2.54 bits per heavy atom. The zero-order valence-corrected chi connectivity index (χ0v) is 14.5. The van der Waals surface area contributed by atoms with Crippen LogP contribution in [0.15, 0.2) is 42.6 Å². The van der Waals surface area contributed by atoms with Crippen LogP contribution in [0.5, 0.6) is 0 Å². The fourth-order valence-corrected chi connectivity index (χ4v) is 2.99. The van der Waals surface area contributed by atoms with Crippen LogP contribution in [-0.4, -0.2) is 24.0 Å². The van der Waals surface area contributed by atoms with Crippen LogP contribution in [0.25, 0.3) is 0 Å². The van der Waals surface area contributed by atoms with Crippen molar-refractivity contribution in [1.29, 1.82) is 0 Å². The number of rotatable bonds is 5. The van der Waals surface area contributed by atoms with Crippen LogP contribution in [0.4, 0.5) is 5.82 Å². The van der Waals surface area contributed by atoms with Gasteiger partial charge in [0.25, 0.3) is 5.91 Å². The lowest BCUT2D eigenvalue weighted by atomic mass is 10.0. The van der Waals surface area contributed by atoms with Crippen LogP contribution in [0.3, 0.4) is 0 Å². The molecule has 1 aromatic heterocycles. The molecular formula is C20H25N3O. The molecule has 0 atom stereocenters. The number of amides is 1. The average Bonchev–Trinajstić information content (AvgIpc) is 3.15. The summed E-state index contributed by atoms with van der Waals surface area (Å²) in [6.07, 6.45) is 4.29. The lowest BCUT2D eigenvalue weighted by molar-refractivity contribution is 0.0951. The summed E-state index contributed by atoms with van der Waals surface area (Å²) in [6.45, 7) is 6.97. The van der Waals surface area contributed by atoms with E-state index in [-0.39, 0.29) is 5.91 Å². The average molecular weight is 323 g/mol. The third-order valence-electron chi connectivity index (χ3n) is 4.53. The number of aromatic nitrogens is 1. The summed E-state index contributed by atoms with van der Waals surface area (Å²) in [4.78, 5) is 19.1. The Morgan fingerprint density at radius 2 is 1.88 bits per heavy atom. The smallest absolute Gasteiger partial charge is 0.251 e. The SMILES string of the molecule is CC(C)c1ccc(C(=O)NCc2ccnc(N3CCCC3)c2)cc1. The van der Waals surface area contributed by atoms with Gasteiger partial charge in [-0.1, -0.05) is 26.0 Å². The van der Waals surface area contributed by atoms with Gasteiger partial charge >= 0.3 is 0 Å². The molecule has 24 heavy (non-hydrogen) atoms. The second kappa shape index (κ2) is 7.47. The number of anilines is 1. The van der Waals surface area contributed by atoms with Gasteiger partial charge in [0.05, 0.1) is 0 Å². The van der Waals surface area contributed by atoms with Crippen LogP contribution in [0.1, 0.15) is 54.1 Å². The normalized spacial score (nSPS) is 14.2.